The highest BCUT2D eigenvalue weighted by Gasteiger charge is 2.28. The first-order chi connectivity index (χ1) is 8.74. The molecule has 5 heteroatoms. The number of nitrogens with zero attached hydrogens (tertiary/aromatic N) is 3. The highest BCUT2D eigenvalue weighted by molar-refractivity contribution is 7.09. The fourth-order valence-electron chi connectivity index (χ4n) is 2.59. The molecule has 3 rings (SSSR count). The molecule has 0 bridgehead atoms. The lowest BCUT2D eigenvalue weighted by Gasteiger charge is -2.22. The van der Waals surface area contributed by atoms with Gasteiger partial charge in [0.05, 0.1) is 17.2 Å². The van der Waals surface area contributed by atoms with Crippen LogP contribution in [0.2, 0.25) is 0 Å². The second-order valence-electron chi connectivity index (χ2n) is 4.94. The van der Waals surface area contributed by atoms with Crippen molar-refractivity contribution in [3.63, 3.8) is 0 Å². The molecular weight excluding hydrogens is 244 g/mol. The molecule has 2 aromatic heterocycles. The second kappa shape index (κ2) is 4.82. The zero-order chi connectivity index (χ0) is 12.5. The molecule has 4 nitrogen and oxygen atoms in total. The summed E-state index contributed by atoms with van der Waals surface area (Å²) in [7, 11) is 0. The fourth-order valence-corrected chi connectivity index (χ4v) is 3.39. The normalized spacial score (nSPS) is 20.7. The van der Waals surface area contributed by atoms with E-state index < -0.39 is 0 Å². The lowest BCUT2D eigenvalue weighted by molar-refractivity contribution is 0.242. The molecule has 0 saturated carbocycles. The maximum atomic E-state index is 4.49. The summed E-state index contributed by atoms with van der Waals surface area (Å²) in [6.07, 6.45) is 4.37. The smallest absolute Gasteiger partial charge is 0.123 e. The summed E-state index contributed by atoms with van der Waals surface area (Å²) < 4.78 is 0. The molecule has 0 amide bonds. The molecule has 1 unspecified atom stereocenters. The van der Waals surface area contributed by atoms with Crippen molar-refractivity contribution in [1.29, 1.82) is 0 Å². The number of H-pyrrole nitrogens is 1. The summed E-state index contributed by atoms with van der Waals surface area (Å²) in [6.45, 7) is 6.31. The number of likely N-dealkylation sites (tertiary alicyclic amines) is 1. The Bertz CT molecular complexity index is 531. The minimum absolute atomic E-state index is 0.445. The van der Waals surface area contributed by atoms with Crippen LogP contribution in [0.4, 0.5) is 0 Å². The van der Waals surface area contributed by atoms with Crippen LogP contribution < -0.4 is 0 Å². The van der Waals surface area contributed by atoms with E-state index in [-0.39, 0.29) is 0 Å². The van der Waals surface area contributed by atoms with E-state index in [9.17, 15) is 0 Å². The van der Waals surface area contributed by atoms with Crippen LogP contribution >= 0.6 is 11.3 Å². The minimum Gasteiger partial charge on any atom is -0.345 e. The van der Waals surface area contributed by atoms with Crippen molar-refractivity contribution in [2.75, 3.05) is 6.54 Å². The van der Waals surface area contributed by atoms with Gasteiger partial charge in [-0.15, -0.1) is 11.3 Å². The largest absolute Gasteiger partial charge is 0.345 e. The molecule has 1 atom stereocenters. The molecule has 1 saturated heterocycles. The van der Waals surface area contributed by atoms with Gasteiger partial charge in [0.25, 0.3) is 0 Å². The Morgan fingerprint density at radius 3 is 3.00 bits per heavy atom. The van der Waals surface area contributed by atoms with Crippen LogP contribution in [0.3, 0.4) is 0 Å². The van der Waals surface area contributed by atoms with Crippen molar-refractivity contribution >= 4 is 11.3 Å². The van der Waals surface area contributed by atoms with Crippen molar-refractivity contribution in [2.24, 2.45) is 0 Å². The summed E-state index contributed by atoms with van der Waals surface area (Å²) >= 11 is 1.76. The first-order valence-electron chi connectivity index (χ1n) is 6.38. The Morgan fingerprint density at radius 2 is 2.33 bits per heavy atom. The SMILES string of the molecule is Cc1cnc(C2CCCN2Cc2scnc2C)[nH]1. The van der Waals surface area contributed by atoms with Gasteiger partial charge in [0, 0.05) is 23.3 Å². The van der Waals surface area contributed by atoms with Crippen molar-refractivity contribution in [3.05, 3.63) is 33.8 Å². The van der Waals surface area contributed by atoms with Crippen molar-refractivity contribution in [3.8, 4) is 0 Å². The summed E-state index contributed by atoms with van der Waals surface area (Å²) in [6, 6.07) is 0.445. The van der Waals surface area contributed by atoms with Crippen LogP contribution in [0, 0.1) is 13.8 Å². The number of aromatic amines is 1. The predicted molar refractivity (Wildman–Crippen MR) is 72.6 cm³/mol. The predicted octanol–water partition coefficient (Wildman–Crippen LogP) is 2.82. The van der Waals surface area contributed by atoms with Gasteiger partial charge in [0.1, 0.15) is 5.82 Å². The Morgan fingerprint density at radius 1 is 1.44 bits per heavy atom. The number of rotatable bonds is 3. The molecule has 1 aliphatic rings. The van der Waals surface area contributed by atoms with Gasteiger partial charge in [-0.05, 0) is 33.2 Å². The maximum Gasteiger partial charge on any atom is 0.123 e. The molecule has 1 aliphatic heterocycles. The molecule has 3 heterocycles. The van der Waals surface area contributed by atoms with Crippen LogP contribution in [-0.2, 0) is 6.54 Å². The van der Waals surface area contributed by atoms with Crippen LogP contribution in [0.5, 0.6) is 0 Å². The summed E-state index contributed by atoms with van der Waals surface area (Å²) in [5, 5.41) is 0. The minimum atomic E-state index is 0.445. The second-order valence-corrected chi connectivity index (χ2v) is 5.88. The average molecular weight is 262 g/mol. The van der Waals surface area contributed by atoms with Gasteiger partial charge in [-0.1, -0.05) is 0 Å². The van der Waals surface area contributed by atoms with Gasteiger partial charge in [0.2, 0.25) is 0 Å². The number of thiazole rings is 1. The third-order valence-electron chi connectivity index (χ3n) is 3.59. The van der Waals surface area contributed by atoms with Gasteiger partial charge in [-0.2, -0.15) is 0 Å². The molecule has 1 fully saturated rings. The quantitative estimate of drug-likeness (QED) is 0.925. The van der Waals surface area contributed by atoms with E-state index in [1.165, 1.54) is 23.4 Å². The van der Waals surface area contributed by atoms with Gasteiger partial charge >= 0.3 is 0 Å². The standard InChI is InChI=1S/C13H18N4S/c1-9-6-14-13(16-9)11-4-3-5-17(11)7-12-10(2)15-8-18-12/h6,8,11H,3-5,7H2,1-2H3,(H,14,16). The first-order valence-corrected chi connectivity index (χ1v) is 7.26. The van der Waals surface area contributed by atoms with Crippen LogP contribution in [0.25, 0.3) is 0 Å². The number of hydrogen-bond acceptors (Lipinski definition) is 4. The zero-order valence-electron chi connectivity index (χ0n) is 10.8. The average Bonchev–Trinajstić information content (AvgIpc) is 3.03. The molecule has 2 aromatic rings. The van der Waals surface area contributed by atoms with E-state index in [0.717, 1.165) is 24.6 Å². The monoisotopic (exact) mass is 262 g/mol. The summed E-state index contributed by atoms with van der Waals surface area (Å²) in [5.74, 6) is 1.12. The number of hydrogen-bond donors (Lipinski definition) is 1. The van der Waals surface area contributed by atoms with Crippen molar-refractivity contribution < 1.29 is 0 Å². The third-order valence-corrected chi connectivity index (χ3v) is 4.51. The topological polar surface area (TPSA) is 44.8 Å². The number of aryl methyl sites for hydroxylation is 2. The number of imidazole rings is 1. The Labute approximate surface area is 111 Å². The van der Waals surface area contributed by atoms with Crippen molar-refractivity contribution in [2.45, 2.75) is 39.3 Å². The van der Waals surface area contributed by atoms with Crippen LogP contribution in [0.15, 0.2) is 11.7 Å². The lowest BCUT2D eigenvalue weighted by Crippen LogP contribution is -2.23. The summed E-state index contributed by atoms with van der Waals surface area (Å²) in [4.78, 5) is 16.1. The molecule has 1 N–H and O–H groups in total. The highest BCUT2D eigenvalue weighted by Crippen LogP contribution is 2.32. The van der Waals surface area contributed by atoms with Crippen LogP contribution in [-0.4, -0.2) is 26.4 Å². The Kier molecular flexibility index (Phi) is 3.18. The van der Waals surface area contributed by atoms with Gasteiger partial charge in [0.15, 0.2) is 0 Å². The molecule has 0 aromatic carbocycles. The Hall–Kier alpha value is -1.20. The van der Waals surface area contributed by atoms with E-state index >= 15 is 0 Å². The van der Waals surface area contributed by atoms with Gasteiger partial charge in [-0.3, -0.25) is 4.90 Å². The lowest BCUT2D eigenvalue weighted by atomic mass is 10.2. The maximum absolute atomic E-state index is 4.49. The third kappa shape index (κ3) is 2.20. The molecule has 18 heavy (non-hydrogen) atoms. The molecule has 96 valence electrons. The fraction of sp³-hybridized carbons (Fsp3) is 0.538. The van der Waals surface area contributed by atoms with E-state index in [2.05, 4.69) is 33.7 Å². The van der Waals surface area contributed by atoms with E-state index in [4.69, 9.17) is 0 Å². The van der Waals surface area contributed by atoms with Gasteiger partial charge < -0.3 is 4.98 Å². The number of aromatic nitrogens is 3. The Balaban J connectivity index is 1.77. The molecular formula is C13H18N4S. The molecule has 0 radical (unpaired) electrons. The van der Waals surface area contributed by atoms with E-state index in [0.29, 0.717) is 6.04 Å². The highest BCUT2D eigenvalue weighted by atomic mass is 32.1. The summed E-state index contributed by atoms with van der Waals surface area (Å²) in [5.41, 5.74) is 4.25. The molecule has 0 aliphatic carbocycles. The number of nitrogens with one attached hydrogen (secondary N) is 1. The molecule has 0 spiro atoms. The van der Waals surface area contributed by atoms with Crippen LogP contribution in [0.1, 0.15) is 41.0 Å². The first kappa shape index (κ1) is 11.9. The van der Waals surface area contributed by atoms with Crippen molar-refractivity contribution in [1.82, 2.24) is 19.9 Å². The van der Waals surface area contributed by atoms with Gasteiger partial charge in [-0.25, -0.2) is 9.97 Å². The zero-order valence-corrected chi connectivity index (χ0v) is 11.6. The van der Waals surface area contributed by atoms with E-state index in [1.54, 1.807) is 11.3 Å². The van der Waals surface area contributed by atoms with E-state index in [1.807, 2.05) is 11.7 Å².